The van der Waals surface area contributed by atoms with E-state index in [9.17, 15) is 9.59 Å². The SMILES string of the molecule is CCOC(=O)C1=C(CN2CCCc3ccccc32)NC(=O)NC1c1ccc(C)cc1. The Labute approximate surface area is 176 Å². The van der Waals surface area contributed by atoms with Crippen molar-refractivity contribution in [3.05, 3.63) is 76.5 Å². The highest BCUT2D eigenvalue weighted by molar-refractivity contribution is 5.95. The normalized spacial score (nSPS) is 18.4. The molecule has 2 aliphatic rings. The molecule has 2 heterocycles. The highest BCUT2D eigenvalue weighted by Crippen LogP contribution is 2.31. The molecule has 2 aliphatic heterocycles. The second-order valence-electron chi connectivity index (χ2n) is 7.71. The second-order valence-corrected chi connectivity index (χ2v) is 7.71. The molecule has 0 bridgehead atoms. The number of carbonyl (C=O) groups excluding carboxylic acids is 2. The van der Waals surface area contributed by atoms with Gasteiger partial charge in [-0.1, -0.05) is 48.0 Å². The number of rotatable bonds is 5. The van der Waals surface area contributed by atoms with Gasteiger partial charge in [0, 0.05) is 12.2 Å². The van der Waals surface area contributed by atoms with Crippen molar-refractivity contribution < 1.29 is 14.3 Å². The summed E-state index contributed by atoms with van der Waals surface area (Å²) in [5.41, 5.74) is 5.47. The number of nitrogens with zero attached hydrogens (tertiary/aromatic N) is 1. The Balaban J connectivity index is 1.75. The third-order valence-electron chi connectivity index (χ3n) is 5.62. The van der Waals surface area contributed by atoms with Crippen molar-refractivity contribution in [1.29, 1.82) is 0 Å². The van der Waals surface area contributed by atoms with E-state index in [1.807, 2.05) is 43.3 Å². The molecular weight excluding hydrogens is 378 g/mol. The number of urea groups is 1. The molecular formula is C24H27N3O3. The molecule has 0 saturated carbocycles. The molecule has 0 spiro atoms. The van der Waals surface area contributed by atoms with Gasteiger partial charge in [0.15, 0.2) is 0 Å². The van der Waals surface area contributed by atoms with Crippen LogP contribution in [0.5, 0.6) is 0 Å². The van der Waals surface area contributed by atoms with E-state index in [4.69, 9.17) is 4.74 Å². The maximum absolute atomic E-state index is 13.0. The number of aryl methyl sites for hydroxylation is 2. The van der Waals surface area contributed by atoms with Crippen LogP contribution < -0.4 is 15.5 Å². The smallest absolute Gasteiger partial charge is 0.338 e. The lowest BCUT2D eigenvalue weighted by atomic mass is 9.94. The van der Waals surface area contributed by atoms with Crippen molar-refractivity contribution in [1.82, 2.24) is 10.6 Å². The Hall–Kier alpha value is -3.28. The van der Waals surface area contributed by atoms with Gasteiger partial charge in [-0.25, -0.2) is 9.59 Å². The molecule has 156 valence electrons. The molecule has 0 saturated heterocycles. The van der Waals surface area contributed by atoms with Crippen molar-refractivity contribution in [3.8, 4) is 0 Å². The molecule has 0 aromatic heterocycles. The number of ether oxygens (including phenoxy) is 1. The van der Waals surface area contributed by atoms with Crippen LogP contribution in [-0.2, 0) is 16.0 Å². The quantitative estimate of drug-likeness (QED) is 0.746. The topological polar surface area (TPSA) is 70.7 Å². The molecule has 6 heteroatoms. The van der Waals surface area contributed by atoms with E-state index in [0.29, 0.717) is 17.8 Å². The molecule has 2 amide bonds. The minimum Gasteiger partial charge on any atom is -0.463 e. The minimum absolute atomic E-state index is 0.275. The highest BCUT2D eigenvalue weighted by Gasteiger charge is 2.34. The summed E-state index contributed by atoms with van der Waals surface area (Å²) in [6, 6.07) is 15.3. The molecule has 0 aliphatic carbocycles. The number of esters is 1. The molecule has 6 nitrogen and oxygen atoms in total. The van der Waals surface area contributed by atoms with Gasteiger partial charge in [-0.15, -0.1) is 0 Å². The molecule has 2 N–H and O–H groups in total. The first-order valence-corrected chi connectivity index (χ1v) is 10.4. The van der Waals surface area contributed by atoms with Crippen molar-refractivity contribution >= 4 is 17.7 Å². The van der Waals surface area contributed by atoms with Crippen molar-refractivity contribution in [3.63, 3.8) is 0 Å². The lowest BCUT2D eigenvalue weighted by molar-refractivity contribution is -0.139. The number of hydrogen-bond acceptors (Lipinski definition) is 4. The first-order chi connectivity index (χ1) is 14.6. The molecule has 0 radical (unpaired) electrons. The first kappa shape index (κ1) is 20.0. The van der Waals surface area contributed by atoms with Gasteiger partial charge in [0.2, 0.25) is 0 Å². The summed E-state index contributed by atoms with van der Waals surface area (Å²) in [7, 11) is 0. The summed E-state index contributed by atoms with van der Waals surface area (Å²) < 4.78 is 5.37. The molecule has 30 heavy (non-hydrogen) atoms. The van der Waals surface area contributed by atoms with E-state index in [-0.39, 0.29) is 12.6 Å². The monoisotopic (exact) mass is 405 g/mol. The van der Waals surface area contributed by atoms with Gasteiger partial charge in [0.1, 0.15) is 0 Å². The zero-order chi connectivity index (χ0) is 21.1. The number of anilines is 1. The van der Waals surface area contributed by atoms with Gasteiger partial charge in [-0.05, 0) is 43.9 Å². The number of para-hydroxylation sites is 1. The Morgan fingerprint density at radius 1 is 1.17 bits per heavy atom. The van der Waals surface area contributed by atoms with Crippen LogP contribution in [0, 0.1) is 6.92 Å². The van der Waals surface area contributed by atoms with E-state index in [1.54, 1.807) is 6.92 Å². The Bertz CT molecular complexity index is 981. The van der Waals surface area contributed by atoms with Crippen LogP contribution in [0.4, 0.5) is 10.5 Å². The van der Waals surface area contributed by atoms with Crippen LogP contribution in [0.3, 0.4) is 0 Å². The summed E-state index contributed by atoms with van der Waals surface area (Å²) in [4.78, 5) is 27.7. The standard InChI is InChI=1S/C24H27N3O3/c1-3-30-23(28)21-19(15-27-14-6-8-17-7-4-5-9-20(17)27)25-24(29)26-22(21)18-12-10-16(2)11-13-18/h4-5,7,9-13,22H,3,6,8,14-15H2,1-2H3,(H2,25,26,29). The van der Waals surface area contributed by atoms with Gasteiger partial charge < -0.3 is 20.3 Å². The van der Waals surface area contributed by atoms with Crippen LogP contribution in [0.15, 0.2) is 59.8 Å². The number of benzene rings is 2. The lowest BCUT2D eigenvalue weighted by Gasteiger charge is -2.35. The Morgan fingerprint density at radius 2 is 1.93 bits per heavy atom. The number of hydrogen-bond donors (Lipinski definition) is 2. The van der Waals surface area contributed by atoms with Crippen LogP contribution >= 0.6 is 0 Å². The number of amides is 2. The summed E-state index contributed by atoms with van der Waals surface area (Å²) in [6.45, 7) is 5.38. The second kappa shape index (κ2) is 8.61. The van der Waals surface area contributed by atoms with E-state index in [0.717, 1.165) is 36.2 Å². The van der Waals surface area contributed by atoms with Gasteiger partial charge in [0.25, 0.3) is 0 Å². The van der Waals surface area contributed by atoms with Crippen molar-refractivity contribution in [2.75, 3.05) is 24.6 Å². The van der Waals surface area contributed by atoms with E-state index in [1.165, 1.54) is 5.56 Å². The predicted octanol–water partition coefficient (Wildman–Crippen LogP) is 3.62. The van der Waals surface area contributed by atoms with Crippen LogP contribution in [0.1, 0.15) is 36.1 Å². The lowest BCUT2D eigenvalue weighted by Crippen LogP contribution is -2.49. The highest BCUT2D eigenvalue weighted by atomic mass is 16.5. The average molecular weight is 405 g/mol. The summed E-state index contributed by atoms with van der Waals surface area (Å²) in [5.74, 6) is -0.407. The molecule has 1 unspecified atom stereocenters. The maximum atomic E-state index is 13.0. The van der Waals surface area contributed by atoms with E-state index >= 15 is 0 Å². The van der Waals surface area contributed by atoms with Crippen LogP contribution in [0.25, 0.3) is 0 Å². The molecule has 2 aromatic rings. The molecule has 1 atom stereocenters. The van der Waals surface area contributed by atoms with E-state index in [2.05, 4.69) is 27.7 Å². The fourth-order valence-corrected chi connectivity index (χ4v) is 4.17. The van der Waals surface area contributed by atoms with Crippen molar-refractivity contribution in [2.45, 2.75) is 32.7 Å². The largest absolute Gasteiger partial charge is 0.463 e. The number of fused-ring (bicyclic) bond motifs is 1. The summed E-state index contributed by atoms with van der Waals surface area (Å²) in [5, 5.41) is 5.78. The van der Waals surface area contributed by atoms with Crippen LogP contribution in [0.2, 0.25) is 0 Å². The average Bonchev–Trinajstić information content (AvgIpc) is 2.74. The number of carbonyl (C=O) groups is 2. The van der Waals surface area contributed by atoms with Gasteiger partial charge in [0.05, 0.1) is 30.5 Å². The van der Waals surface area contributed by atoms with Gasteiger partial charge in [-0.2, -0.15) is 0 Å². The van der Waals surface area contributed by atoms with Crippen molar-refractivity contribution in [2.24, 2.45) is 0 Å². The summed E-state index contributed by atoms with van der Waals surface area (Å²) >= 11 is 0. The van der Waals surface area contributed by atoms with Gasteiger partial charge >= 0.3 is 12.0 Å². The first-order valence-electron chi connectivity index (χ1n) is 10.4. The zero-order valence-corrected chi connectivity index (χ0v) is 17.4. The third-order valence-corrected chi connectivity index (χ3v) is 5.62. The summed E-state index contributed by atoms with van der Waals surface area (Å²) in [6.07, 6.45) is 2.07. The third kappa shape index (κ3) is 4.03. The zero-order valence-electron chi connectivity index (χ0n) is 17.4. The molecule has 2 aromatic carbocycles. The fourth-order valence-electron chi connectivity index (χ4n) is 4.17. The van der Waals surface area contributed by atoms with E-state index < -0.39 is 12.0 Å². The van der Waals surface area contributed by atoms with Gasteiger partial charge in [-0.3, -0.25) is 0 Å². The maximum Gasteiger partial charge on any atom is 0.338 e. The Kier molecular flexibility index (Phi) is 5.74. The molecule has 4 rings (SSSR count). The molecule has 0 fully saturated rings. The number of nitrogens with one attached hydrogen (secondary N) is 2. The predicted molar refractivity (Wildman–Crippen MR) is 116 cm³/mol. The Morgan fingerprint density at radius 3 is 2.70 bits per heavy atom. The van der Waals surface area contributed by atoms with Crippen LogP contribution in [-0.4, -0.2) is 31.7 Å². The minimum atomic E-state index is -0.548. The fraction of sp³-hybridized carbons (Fsp3) is 0.333.